The number of nitrogens with two attached hydrogens (primary N) is 2. The number of nitrogens with one attached hydrogen (secondary N) is 2. The van der Waals surface area contributed by atoms with Crippen molar-refractivity contribution in [3.05, 3.63) is 6.07 Å². The molecule has 1 amide bonds. The fourth-order valence-corrected chi connectivity index (χ4v) is 2.03. The molecule has 8 heteroatoms. The number of hydrogen-bond donors (Lipinski definition) is 5. The van der Waals surface area contributed by atoms with E-state index >= 15 is 0 Å². The molecule has 0 fully saturated rings. The van der Waals surface area contributed by atoms with Crippen LogP contribution in [-0.4, -0.2) is 34.9 Å². The van der Waals surface area contributed by atoms with E-state index in [4.69, 9.17) is 16.2 Å². The Balaban J connectivity index is 0.00000529. The van der Waals surface area contributed by atoms with Gasteiger partial charge in [0.2, 0.25) is 0 Å². The smallest absolute Gasteiger partial charge is 0.412 e. The first-order valence-corrected chi connectivity index (χ1v) is 7.83. The van der Waals surface area contributed by atoms with Gasteiger partial charge in [-0.05, 0) is 20.3 Å². The Hall–Kier alpha value is -2.22. The summed E-state index contributed by atoms with van der Waals surface area (Å²) in [6.45, 7) is 5.88. The number of aliphatic hydroxyl groups excluding tert-OH is 1. The maximum absolute atomic E-state index is 11.5. The predicted molar refractivity (Wildman–Crippen MR) is 99.1 cm³/mol. The molecule has 1 aromatic rings. The second-order valence-corrected chi connectivity index (χ2v) is 5.34. The molecule has 24 heavy (non-hydrogen) atoms. The highest BCUT2D eigenvalue weighted by Gasteiger charge is 2.17. The Kier molecular flexibility index (Phi) is 9.56. The summed E-state index contributed by atoms with van der Waals surface area (Å²) in [5.41, 5.74) is 12.5. The molecule has 2 unspecified atom stereocenters. The number of aromatic nitrogens is 1. The summed E-state index contributed by atoms with van der Waals surface area (Å²) in [6.07, 6.45) is 1.52. The standard InChI is InChI=1S/C15H27N5O3.CH4/c1-4-6-7-11(21)9(3)18-10-8-12(19-14(17)13(10)16)20-15(22)23-5-2;/h8-9,11,21H,4-7,16H2,1-3H3,(H4,17,18,19,20,22);1H4. The minimum absolute atomic E-state index is 0. The first-order chi connectivity index (χ1) is 10.9. The van der Waals surface area contributed by atoms with Crippen molar-refractivity contribution in [2.45, 2.75) is 59.6 Å². The van der Waals surface area contributed by atoms with Crippen molar-refractivity contribution in [1.29, 1.82) is 0 Å². The van der Waals surface area contributed by atoms with Crippen LogP contribution in [-0.2, 0) is 4.74 Å². The molecular weight excluding hydrogens is 310 g/mol. The van der Waals surface area contributed by atoms with Gasteiger partial charge in [-0.15, -0.1) is 0 Å². The fourth-order valence-electron chi connectivity index (χ4n) is 2.03. The molecule has 2 atom stereocenters. The first kappa shape index (κ1) is 21.8. The lowest BCUT2D eigenvalue weighted by molar-refractivity contribution is 0.145. The van der Waals surface area contributed by atoms with Gasteiger partial charge in [-0.1, -0.05) is 27.2 Å². The SMILES string of the molecule is C.CCCCC(O)C(C)Nc1cc(NC(=O)OCC)nc(N)c1N. The number of carbonyl (C=O) groups excluding carboxylic acids is 1. The number of nitrogens with zero attached hydrogens (tertiary/aromatic N) is 1. The molecule has 0 bridgehead atoms. The second-order valence-electron chi connectivity index (χ2n) is 5.34. The number of nitrogen functional groups attached to an aromatic ring is 2. The number of ether oxygens (including phenoxy) is 1. The van der Waals surface area contributed by atoms with E-state index < -0.39 is 12.2 Å². The average Bonchev–Trinajstić information content (AvgIpc) is 2.49. The topological polar surface area (TPSA) is 136 Å². The van der Waals surface area contributed by atoms with Gasteiger partial charge in [0.05, 0.1) is 24.1 Å². The molecule has 138 valence electrons. The van der Waals surface area contributed by atoms with E-state index in [9.17, 15) is 9.90 Å². The fraction of sp³-hybridized carbons (Fsp3) is 0.625. The molecule has 0 aliphatic heterocycles. The lowest BCUT2D eigenvalue weighted by Gasteiger charge is -2.23. The highest BCUT2D eigenvalue weighted by molar-refractivity contribution is 5.87. The van der Waals surface area contributed by atoms with Crippen LogP contribution in [0.15, 0.2) is 6.07 Å². The monoisotopic (exact) mass is 341 g/mol. The molecule has 0 spiro atoms. The van der Waals surface area contributed by atoms with Crippen molar-refractivity contribution in [3.8, 4) is 0 Å². The first-order valence-electron chi connectivity index (χ1n) is 7.83. The number of anilines is 4. The number of rotatable bonds is 8. The predicted octanol–water partition coefficient (Wildman–Crippen LogP) is 2.80. The molecule has 1 aromatic heterocycles. The molecule has 1 rings (SSSR count). The molecule has 0 radical (unpaired) electrons. The number of unbranched alkanes of at least 4 members (excludes halogenated alkanes) is 1. The quantitative estimate of drug-likeness (QED) is 0.490. The largest absolute Gasteiger partial charge is 0.450 e. The number of pyridine rings is 1. The number of carbonyl (C=O) groups is 1. The van der Waals surface area contributed by atoms with Gasteiger partial charge in [-0.2, -0.15) is 0 Å². The van der Waals surface area contributed by atoms with Crippen LogP contribution in [0.3, 0.4) is 0 Å². The van der Waals surface area contributed by atoms with Crippen LogP contribution in [0.1, 0.15) is 47.5 Å². The maximum atomic E-state index is 11.5. The van der Waals surface area contributed by atoms with Gasteiger partial charge in [0.15, 0.2) is 5.82 Å². The Bertz CT molecular complexity index is 525. The Morgan fingerprint density at radius 3 is 2.67 bits per heavy atom. The molecular formula is C16H31N5O3. The lowest BCUT2D eigenvalue weighted by atomic mass is 10.1. The Morgan fingerprint density at radius 2 is 2.08 bits per heavy atom. The van der Waals surface area contributed by atoms with Gasteiger partial charge < -0.3 is 26.6 Å². The zero-order chi connectivity index (χ0) is 17.4. The summed E-state index contributed by atoms with van der Waals surface area (Å²) in [5, 5.41) is 15.7. The van der Waals surface area contributed by atoms with Gasteiger partial charge in [0.25, 0.3) is 0 Å². The molecule has 0 saturated carbocycles. The highest BCUT2D eigenvalue weighted by Crippen LogP contribution is 2.28. The number of hydrogen-bond acceptors (Lipinski definition) is 7. The molecule has 0 saturated heterocycles. The van der Waals surface area contributed by atoms with Gasteiger partial charge in [0, 0.05) is 12.1 Å². The van der Waals surface area contributed by atoms with E-state index in [0.717, 1.165) is 12.8 Å². The molecule has 0 aliphatic carbocycles. The van der Waals surface area contributed by atoms with Gasteiger partial charge in [-0.3, -0.25) is 5.32 Å². The van der Waals surface area contributed by atoms with Crippen LogP contribution in [0.4, 0.5) is 27.8 Å². The van der Waals surface area contributed by atoms with E-state index in [0.29, 0.717) is 12.1 Å². The van der Waals surface area contributed by atoms with Crippen LogP contribution >= 0.6 is 0 Å². The summed E-state index contributed by atoms with van der Waals surface area (Å²) < 4.78 is 4.80. The molecule has 7 N–H and O–H groups in total. The minimum Gasteiger partial charge on any atom is -0.450 e. The Labute approximate surface area is 144 Å². The third kappa shape index (κ3) is 6.49. The van der Waals surface area contributed by atoms with Crippen LogP contribution in [0.5, 0.6) is 0 Å². The lowest BCUT2D eigenvalue weighted by Crippen LogP contribution is -2.31. The van der Waals surface area contributed by atoms with Crippen molar-refractivity contribution in [3.63, 3.8) is 0 Å². The minimum atomic E-state index is -0.619. The summed E-state index contributed by atoms with van der Waals surface area (Å²) in [7, 11) is 0. The highest BCUT2D eigenvalue weighted by atomic mass is 16.5. The normalized spacial score (nSPS) is 12.7. The van der Waals surface area contributed by atoms with Crippen molar-refractivity contribution in [2.75, 3.05) is 28.7 Å². The molecule has 0 aromatic carbocycles. The number of amides is 1. The van der Waals surface area contributed by atoms with Crippen LogP contribution < -0.4 is 22.1 Å². The summed E-state index contributed by atoms with van der Waals surface area (Å²) >= 11 is 0. The van der Waals surface area contributed by atoms with Crippen LogP contribution in [0, 0.1) is 0 Å². The van der Waals surface area contributed by atoms with Gasteiger partial charge in [0.1, 0.15) is 5.82 Å². The zero-order valence-electron chi connectivity index (χ0n) is 13.9. The van der Waals surface area contributed by atoms with Crippen molar-refractivity contribution in [1.82, 2.24) is 4.98 Å². The molecule has 8 nitrogen and oxygen atoms in total. The van der Waals surface area contributed by atoms with E-state index in [1.54, 1.807) is 13.0 Å². The maximum Gasteiger partial charge on any atom is 0.412 e. The Morgan fingerprint density at radius 1 is 1.42 bits per heavy atom. The summed E-state index contributed by atoms with van der Waals surface area (Å²) in [4.78, 5) is 15.5. The van der Waals surface area contributed by atoms with E-state index in [2.05, 4.69) is 22.5 Å². The molecule has 0 aliphatic rings. The van der Waals surface area contributed by atoms with Crippen LogP contribution in [0.2, 0.25) is 0 Å². The molecule has 1 heterocycles. The summed E-state index contributed by atoms with van der Waals surface area (Å²) in [5.74, 6) is 0.324. The third-order valence-corrected chi connectivity index (χ3v) is 3.41. The van der Waals surface area contributed by atoms with E-state index in [-0.39, 0.29) is 37.4 Å². The summed E-state index contributed by atoms with van der Waals surface area (Å²) in [6, 6.07) is 1.34. The number of aliphatic hydroxyl groups is 1. The zero-order valence-corrected chi connectivity index (χ0v) is 13.9. The van der Waals surface area contributed by atoms with E-state index in [1.165, 1.54) is 0 Å². The average molecular weight is 341 g/mol. The van der Waals surface area contributed by atoms with Crippen molar-refractivity contribution in [2.24, 2.45) is 0 Å². The van der Waals surface area contributed by atoms with Crippen LogP contribution in [0.25, 0.3) is 0 Å². The van der Waals surface area contributed by atoms with Crippen molar-refractivity contribution < 1.29 is 14.6 Å². The third-order valence-electron chi connectivity index (χ3n) is 3.41. The van der Waals surface area contributed by atoms with E-state index in [1.807, 2.05) is 6.92 Å². The van der Waals surface area contributed by atoms with Gasteiger partial charge in [-0.25, -0.2) is 9.78 Å². The van der Waals surface area contributed by atoms with Gasteiger partial charge >= 0.3 is 6.09 Å². The van der Waals surface area contributed by atoms with Crippen molar-refractivity contribution >= 4 is 29.1 Å². The second kappa shape index (κ2) is 10.5.